The molecule has 2 aromatic rings. The van der Waals surface area contributed by atoms with Crippen molar-refractivity contribution in [2.24, 2.45) is 0 Å². The Bertz CT molecular complexity index is 511. The molecule has 1 N–H and O–H groups in total. The van der Waals surface area contributed by atoms with Gasteiger partial charge in [0, 0.05) is 4.88 Å². The lowest BCUT2D eigenvalue weighted by Gasteiger charge is -2.09. The molecule has 0 amide bonds. The van der Waals surface area contributed by atoms with E-state index < -0.39 is 0 Å². The van der Waals surface area contributed by atoms with E-state index in [1.807, 2.05) is 35.0 Å². The zero-order valence-corrected chi connectivity index (χ0v) is 10.3. The number of hydrogen-bond donors (Lipinski definition) is 1. The van der Waals surface area contributed by atoms with Crippen LogP contribution in [0.4, 0.5) is 5.69 Å². The van der Waals surface area contributed by atoms with Crippen LogP contribution in [0.1, 0.15) is 10.6 Å². The quantitative estimate of drug-likeness (QED) is 0.799. The largest absolute Gasteiger partial charge is 0.293 e. The standard InChI is InChI=1S/C11H12N2S2/c1-8-9(2)15-11(14)13(8)12-10-6-4-3-5-7-10/h3-7,12H,1-2H3. The number of hydrogen-bond acceptors (Lipinski definition) is 3. The van der Waals surface area contributed by atoms with E-state index in [1.165, 1.54) is 10.6 Å². The van der Waals surface area contributed by atoms with E-state index in [0.29, 0.717) is 0 Å². The molecule has 2 nitrogen and oxygen atoms in total. The summed E-state index contributed by atoms with van der Waals surface area (Å²) in [7, 11) is 0. The van der Waals surface area contributed by atoms with Gasteiger partial charge >= 0.3 is 0 Å². The van der Waals surface area contributed by atoms with Crippen molar-refractivity contribution in [1.82, 2.24) is 4.68 Å². The fourth-order valence-corrected chi connectivity index (χ4v) is 2.65. The first-order valence-electron chi connectivity index (χ1n) is 4.69. The summed E-state index contributed by atoms with van der Waals surface area (Å²) in [6, 6.07) is 10.0. The summed E-state index contributed by atoms with van der Waals surface area (Å²) in [5.41, 5.74) is 5.51. The SMILES string of the molecule is Cc1sc(=S)n(Nc2ccccc2)c1C. The number of aryl methyl sites for hydroxylation is 1. The number of nitrogens with one attached hydrogen (secondary N) is 1. The van der Waals surface area contributed by atoms with Crippen LogP contribution in [-0.4, -0.2) is 4.68 Å². The lowest BCUT2D eigenvalue weighted by Crippen LogP contribution is -2.10. The molecule has 1 aromatic carbocycles. The number of anilines is 1. The average molecular weight is 236 g/mol. The van der Waals surface area contributed by atoms with Gasteiger partial charge in [0.1, 0.15) is 0 Å². The van der Waals surface area contributed by atoms with Gasteiger partial charge in [-0.25, -0.2) is 4.68 Å². The topological polar surface area (TPSA) is 17.0 Å². The maximum absolute atomic E-state index is 5.28. The molecular formula is C11H12N2S2. The van der Waals surface area contributed by atoms with Crippen molar-refractivity contribution in [3.63, 3.8) is 0 Å². The zero-order chi connectivity index (χ0) is 10.8. The molecule has 0 unspecified atom stereocenters. The van der Waals surface area contributed by atoms with Gasteiger partial charge in [0.2, 0.25) is 0 Å². The molecule has 0 saturated carbocycles. The summed E-state index contributed by atoms with van der Waals surface area (Å²) >= 11 is 6.91. The Morgan fingerprint density at radius 1 is 1.20 bits per heavy atom. The molecule has 0 aliphatic heterocycles. The van der Waals surface area contributed by atoms with Gasteiger partial charge in [0.25, 0.3) is 0 Å². The number of thiazole rings is 1. The van der Waals surface area contributed by atoms with Gasteiger partial charge in [0.05, 0.1) is 11.4 Å². The number of aromatic nitrogens is 1. The first-order chi connectivity index (χ1) is 7.18. The second kappa shape index (κ2) is 4.16. The zero-order valence-electron chi connectivity index (χ0n) is 8.65. The second-order valence-corrected chi connectivity index (χ2v) is 5.17. The molecule has 78 valence electrons. The molecule has 15 heavy (non-hydrogen) atoms. The van der Waals surface area contributed by atoms with Crippen molar-refractivity contribution in [3.05, 3.63) is 44.9 Å². The minimum atomic E-state index is 0.855. The minimum Gasteiger partial charge on any atom is -0.293 e. The van der Waals surface area contributed by atoms with Crippen molar-refractivity contribution >= 4 is 29.2 Å². The van der Waals surface area contributed by atoms with Gasteiger partial charge < -0.3 is 0 Å². The third kappa shape index (κ3) is 2.11. The van der Waals surface area contributed by atoms with E-state index in [4.69, 9.17) is 12.2 Å². The molecule has 4 heteroatoms. The third-order valence-electron chi connectivity index (χ3n) is 2.28. The van der Waals surface area contributed by atoms with Crippen molar-refractivity contribution in [2.45, 2.75) is 13.8 Å². The molecule has 2 rings (SSSR count). The van der Waals surface area contributed by atoms with E-state index in [-0.39, 0.29) is 0 Å². The molecule has 1 heterocycles. The first-order valence-corrected chi connectivity index (χ1v) is 5.92. The predicted octanol–water partition coefficient (Wildman–Crippen LogP) is 3.77. The van der Waals surface area contributed by atoms with Crippen LogP contribution >= 0.6 is 23.6 Å². The molecule has 0 aliphatic rings. The first kappa shape index (κ1) is 10.4. The molecule has 0 spiro atoms. The van der Waals surface area contributed by atoms with Gasteiger partial charge in [0.15, 0.2) is 3.95 Å². The molecule has 0 saturated heterocycles. The average Bonchev–Trinajstić information content (AvgIpc) is 2.47. The third-order valence-corrected chi connectivity index (χ3v) is 3.67. The molecule has 1 aromatic heterocycles. The van der Waals surface area contributed by atoms with Gasteiger partial charge in [-0.2, -0.15) is 0 Å². The van der Waals surface area contributed by atoms with Gasteiger partial charge in [-0.1, -0.05) is 18.2 Å². The number of para-hydroxylation sites is 1. The van der Waals surface area contributed by atoms with Crippen molar-refractivity contribution in [2.75, 3.05) is 5.43 Å². The Morgan fingerprint density at radius 3 is 2.40 bits per heavy atom. The van der Waals surface area contributed by atoms with E-state index in [9.17, 15) is 0 Å². The summed E-state index contributed by atoms with van der Waals surface area (Å²) in [5.74, 6) is 0. The van der Waals surface area contributed by atoms with E-state index in [2.05, 4.69) is 19.3 Å². The molecule has 0 aliphatic carbocycles. The Morgan fingerprint density at radius 2 is 1.87 bits per heavy atom. The van der Waals surface area contributed by atoms with E-state index >= 15 is 0 Å². The lowest BCUT2D eigenvalue weighted by molar-refractivity contribution is 0.906. The highest BCUT2D eigenvalue weighted by atomic mass is 32.1. The van der Waals surface area contributed by atoms with Crippen LogP contribution in [-0.2, 0) is 0 Å². The monoisotopic (exact) mass is 236 g/mol. The highest BCUT2D eigenvalue weighted by Crippen LogP contribution is 2.18. The van der Waals surface area contributed by atoms with Gasteiger partial charge in [-0.3, -0.25) is 5.43 Å². The maximum Gasteiger partial charge on any atom is 0.180 e. The lowest BCUT2D eigenvalue weighted by atomic mass is 10.3. The summed E-state index contributed by atoms with van der Waals surface area (Å²) in [6.45, 7) is 4.15. The number of nitrogens with zero attached hydrogens (tertiary/aromatic N) is 1. The van der Waals surface area contributed by atoms with Crippen LogP contribution in [0.5, 0.6) is 0 Å². The van der Waals surface area contributed by atoms with Crippen LogP contribution in [0.25, 0.3) is 0 Å². The molecule has 0 bridgehead atoms. The van der Waals surface area contributed by atoms with Crippen LogP contribution in [0.15, 0.2) is 30.3 Å². The number of benzene rings is 1. The second-order valence-electron chi connectivity index (χ2n) is 3.32. The van der Waals surface area contributed by atoms with E-state index in [1.54, 1.807) is 11.3 Å². The molecule has 0 radical (unpaired) electrons. The summed E-state index contributed by atoms with van der Waals surface area (Å²) < 4.78 is 2.80. The Kier molecular flexibility index (Phi) is 2.88. The van der Waals surface area contributed by atoms with Crippen LogP contribution in [0.2, 0.25) is 0 Å². The highest BCUT2D eigenvalue weighted by molar-refractivity contribution is 7.73. The van der Waals surface area contributed by atoms with Crippen molar-refractivity contribution in [1.29, 1.82) is 0 Å². The van der Waals surface area contributed by atoms with Crippen LogP contribution < -0.4 is 5.43 Å². The maximum atomic E-state index is 5.28. The highest BCUT2D eigenvalue weighted by Gasteiger charge is 2.04. The Labute approximate surface area is 98.2 Å². The Hall–Kier alpha value is -1.13. The van der Waals surface area contributed by atoms with Crippen molar-refractivity contribution < 1.29 is 0 Å². The summed E-state index contributed by atoms with van der Waals surface area (Å²) in [4.78, 5) is 1.25. The van der Waals surface area contributed by atoms with Gasteiger partial charge in [-0.15, -0.1) is 11.3 Å². The number of rotatable bonds is 2. The predicted molar refractivity (Wildman–Crippen MR) is 68.1 cm³/mol. The minimum absolute atomic E-state index is 0.855. The van der Waals surface area contributed by atoms with Gasteiger partial charge in [-0.05, 0) is 38.2 Å². The molecule has 0 atom stereocenters. The smallest absolute Gasteiger partial charge is 0.180 e. The fourth-order valence-electron chi connectivity index (χ4n) is 1.32. The summed E-state index contributed by atoms with van der Waals surface area (Å²) in [5, 5.41) is 0. The Balaban J connectivity index is 2.37. The fraction of sp³-hybridized carbons (Fsp3) is 0.182. The molecule has 0 fully saturated rings. The molecular weight excluding hydrogens is 224 g/mol. The summed E-state index contributed by atoms with van der Waals surface area (Å²) in [6.07, 6.45) is 0. The van der Waals surface area contributed by atoms with Crippen LogP contribution in [0.3, 0.4) is 0 Å². The van der Waals surface area contributed by atoms with E-state index in [0.717, 1.165) is 9.64 Å². The normalized spacial score (nSPS) is 10.3. The van der Waals surface area contributed by atoms with Crippen LogP contribution in [0, 0.1) is 17.8 Å². The van der Waals surface area contributed by atoms with Crippen molar-refractivity contribution in [3.8, 4) is 0 Å².